The van der Waals surface area contributed by atoms with Crippen LogP contribution in [-0.4, -0.2) is 4.98 Å². The van der Waals surface area contributed by atoms with Gasteiger partial charge in [0.05, 0.1) is 12.5 Å². The van der Waals surface area contributed by atoms with Crippen LogP contribution in [0.15, 0.2) is 18.3 Å². The highest BCUT2D eigenvalue weighted by Gasteiger charge is 1.85. The molecule has 2 nitrogen and oxygen atoms in total. The van der Waals surface area contributed by atoms with Crippen LogP contribution in [0, 0.1) is 11.3 Å². The van der Waals surface area contributed by atoms with E-state index in [1.54, 1.807) is 0 Å². The lowest BCUT2D eigenvalue weighted by molar-refractivity contribution is 1.16. The van der Waals surface area contributed by atoms with Crippen LogP contribution < -0.4 is 0 Å². The molecule has 0 bridgehead atoms. The van der Waals surface area contributed by atoms with Crippen LogP contribution in [0.1, 0.15) is 5.69 Å². The fourth-order valence-corrected chi connectivity index (χ4v) is 0.563. The van der Waals surface area contributed by atoms with Crippen molar-refractivity contribution in [3.63, 3.8) is 0 Å². The van der Waals surface area contributed by atoms with Crippen LogP contribution in [0.5, 0.6) is 0 Å². The Morgan fingerprint density at radius 3 is 2.89 bits per heavy atom. The second kappa shape index (κ2) is 3.99. The van der Waals surface area contributed by atoms with Crippen LogP contribution in [0.2, 0.25) is 0 Å². The van der Waals surface area contributed by atoms with Crippen LogP contribution in [0.4, 0.5) is 0 Å². The van der Waals surface area contributed by atoms with E-state index in [0.29, 0.717) is 6.42 Å². The highest BCUT2D eigenvalue weighted by molar-refractivity contribution is 5.85. The first-order chi connectivity index (χ1) is 3.93. The van der Waals surface area contributed by atoms with Gasteiger partial charge in [-0.05, 0) is 12.1 Å². The van der Waals surface area contributed by atoms with E-state index in [0.717, 1.165) is 5.69 Å². The van der Waals surface area contributed by atoms with E-state index in [2.05, 4.69) is 4.98 Å². The molecule has 1 N–H and O–H groups in total. The maximum Gasteiger partial charge on any atom is 0.0752 e. The lowest BCUT2D eigenvalue weighted by Gasteiger charge is -1.79. The average Bonchev–Trinajstić information content (AvgIpc) is 2.19. The van der Waals surface area contributed by atoms with Crippen LogP contribution in [0.3, 0.4) is 0 Å². The monoisotopic (exact) mass is 142 g/mol. The zero-order chi connectivity index (χ0) is 5.82. The van der Waals surface area contributed by atoms with Gasteiger partial charge in [0.15, 0.2) is 0 Å². The van der Waals surface area contributed by atoms with Gasteiger partial charge in [-0.3, -0.25) is 0 Å². The highest BCUT2D eigenvalue weighted by atomic mass is 35.5. The minimum atomic E-state index is 0. The fraction of sp³-hybridized carbons (Fsp3) is 0.167. The van der Waals surface area contributed by atoms with Crippen molar-refractivity contribution in [1.29, 1.82) is 5.26 Å². The third-order valence-corrected chi connectivity index (χ3v) is 0.932. The predicted octanol–water partition coefficient (Wildman–Crippen LogP) is 1.50. The van der Waals surface area contributed by atoms with E-state index in [-0.39, 0.29) is 12.4 Å². The van der Waals surface area contributed by atoms with Crippen molar-refractivity contribution in [2.45, 2.75) is 6.42 Å². The molecule has 0 aromatic carbocycles. The van der Waals surface area contributed by atoms with E-state index in [1.807, 2.05) is 24.4 Å². The molecule has 0 spiro atoms. The Balaban J connectivity index is 0.000000640. The van der Waals surface area contributed by atoms with E-state index in [1.165, 1.54) is 0 Å². The van der Waals surface area contributed by atoms with Gasteiger partial charge in [-0.15, -0.1) is 12.4 Å². The number of hydrogen-bond donors (Lipinski definition) is 1. The molecule has 0 fully saturated rings. The van der Waals surface area contributed by atoms with Gasteiger partial charge < -0.3 is 4.98 Å². The third-order valence-electron chi connectivity index (χ3n) is 0.932. The highest BCUT2D eigenvalue weighted by Crippen LogP contribution is 1.92. The van der Waals surface area contributed by atoms with Crippen LogP contribution in [-0.2, 0) is 6.42 Å². The largest absolute Gasteiger partial charge is 0.364 e. The standard InChI is InChI=1S/C6H6N2.ClH/c7-4-3-6-2-1-5-8-6;/h1-2,5,8H,3H2;1H. The zero-order valence-corrected chi connectivity index (χ0v) is 5.61. The molecule has 0 aliphatic carbocycles. The smallest absolute Gasteiger partial charge is 0.0752 e. The SMILES string of the molecule is Cl.N#CCc1ccc[nH]1. The number of hydrogen-bond acceptors (Lipinski definition) is 1. The molecule has 0 aliphatic heterocycles. The first kappa shape index (κ1) is 8.06. The van der Waals surface area contributed by atoms with Crippen molar-refractivity contribution < 1.29 is 0 Å². The summed E-state index contributed by atoms with van der Waals surface area (Å²) in [7, 11) is 0. The van der Waals surface area contributed by atoms with Gasteiger partial charge in [0.2, 0.25) is 0 Å². The first-order valence-electron chi connectivity index (χ1n) is 2.42. The Bertz CT molecular complexity index is 185. The van der Waals surface area contributed by atoms with Crippen molar-refractivity contribution in [2.75, 3.05) is 0 Å². The Hall–Kier alpha value is -0.940. The first-order valence-corrected chi connectivity index (χ1v) is 2.42. The molecule has 0 unspecified atom stereocenters. The van der Waals surface area contributed by atoms with Crippen molar-refractivity contribution in [1.82, 2.24) is 4.98 Å². The van der Waals surface area contributed by atoms with Crippen LogP contribution >= 0.6 is 12.4 Å². The third kappa shape index (κ3) is 2.20. The molecule has 0 amide bonds. The molecule has 0 radical (unpaired) electrons. The molecule has 9 heavy (non-hydrogen) atoms. The lowest BCUT2D eigenvalue weighted by atomic mass is 10.3. The fourth-order valence-electron chi connectivity index (χ4n) is 0.563. The molecule has 3 heteroatoms. The van der Waals surface area contributed by atoms with Gasteiger partial charge in [0, 0.05) is 11.9 Å². The summed E-state index contributed by atoms with van der Waals surface area (Å²) in [5.41, 5.74) is 0.979. The van der Waals surface area contributed by atoms with E-state index in [9.17, 15) is 0 Å². The number of aromatic nitrogens is 1. The maximum absolute atomic E-state index is 8.17. The number of nitriles is 1. The molecular formula is C6H7ClN2. The topological polar surface area (TPSA) is 39.6 Å². The normalized spacial score (nSPS) is 7.44. The molecular weight excluding hydrogens is 136 g/mol. The molecule has 1 heterocycles. The number of nitrogens with one attached hydrogen (secondary N) is 1. The average molecular weight is 143 g/mol. The van der Waals surface area contributed by atoms with Crippen molar-refractivity contribution in [2.24, 2.45) is 0 Å². The second-order valence-electron chi connectivity index (χ2n) is 1.53. The Kier molecular flexibility index (Phi) is 3.57. The molecule has 1 aromatic heterocycles. The molecule has 0 saturated carbocycles. The van der Waals surface area contributed by atoms with E-state index >= 15 is 0 Å². The quantitative estimate of drug-likeness (QED) is 0.634. The summed E-state index contributed by atoms with van der Waals surface area (Å²) in [6, 6.07) is 5.81. The number of halogens is 1. The summed E-state index contributed by atoms with van der Waals surface area (Å²) < 4.78 is 0. The Labute approximate surface area is 59.9 Å². The van der Waals surface area contributed by atoms with Crippen molar-refractivity contribution >= 4 is 12.4 Å². The zero-order valence-electron chi connectivity index (χ0n) is 4.79. The van der Waals surface area contributed by atoms with Gasteiger partial charge in [-0.25, -0.2) is 0 Å². The maximum atomic E-state index is 8.17. The molecule has 1 aromatic rings. The summed E-state index contributed by atoms with van der Waals surface area (Å²) in [6.45, 7) is 0. The molecule has 0 atom stereocenters. The molecule has 0 saturated heterocycles. The predicted molar refractivity (Wildman–Crippen MR) is 37.4 cm³/mol. The van der Waals surface area contributed by atoms with Gasteiger partial charge in [0.1, 0.15) is 0 Å². The second-order valence-corrected chi connectivity index (χ2v) is 1.53. The minimum Gasteiger partial charge on any atom is -0.364 e. The summed E-state index contributed by atoms with van der Waals surface area (Å²) in [6.07, 6.45) is 2.29. The van der Waals surface area contributed by atoms with Gasteiger partial charge >= 0.3 is 0 Å². The number of H-pyrrole nitrogens is 1. The summed E-state index contributed by atoms with van der Waals surface area (Å²) in [5.74, 6) is 0. The number of aromatic amines is 1. The van der Waals surface area contributed by atoms with Gasteiger partial charge in [0.25, 0.3) is 0 Å². The Morgan fingerprint density at radius 2 is 2.44 bits per heavy atom. The van der Waals surface area contributed by atoms with Crippen molar-refractivity contribution in [3.05, 3.63) is 24.0 Å². The molecule has 48 valence electrons. The van der Waals surface area contributed by atoms with E-state index in [4.69, 9.17) is 5.26 Å². The van der Waals surface area contributed by atoms with Gasteiger partial charge in [-0.2, -0.15) is 5.26 Å². The van der Waals surface area contributed by atoms with Crippen LogP contribution in [0.25, 0.3) is 0 Å². The number of nitrogens with zero attached hydrogens (tertiary/aromatic N) is 1. The minimum absolute atomic E-state index is 0. The van der Waals surface area contributed by atoms with Crippen molar-refractivity contribution in [3.8, 4) is 6.07 Å². The molecule has 1 rings (SSSR count). The van der Waals surface area contributed by atoms with E-state index < -0.39 is 0 Å². The summed E-state index contributed by atoms with van der Waals surface area (Å²) >= 11 is 0. The summed E-state index contributed by atoms with van der Waals surface area (Å²) in [4.78, 5) is 2.92. The van der Waals surface area contributed by atoms with Gasteiger partial charge in [-0.1, -0.05) is 0 Å². The molecule has 0 aliphatic rings. The lowest BCUT2D eigenvalue weighted by Crippen LogP contribution is -1.76. The summed E-state index contributed by atoms with van der Waals surface area (Å²) in [5, 5.41) is 8.17. The number of rotatable bonds is 1. The Morgan fingerprint density at radius 1 is 1.67 bits per heavy atom.